The Bertz CT molecular complexity index is 1250. The van der Waals surface area contributed by atoms with Gasteiger partial charge in [0.25, 0.3) is 0 Å². The van der Waals surface area contributed by atoms with Crippen molar-refractivity contribution >= 4 is 11.3 Å². The molecule has 0 fully saturated rings. The molecule has 0 spiro atoms. The summed E-state index contributed by atoms with van der Waals surface area (Å²) >= 11 is 1.75. The van der Waals surface area contributed by atoms with Crippen LogP contribution >= 0.6 is 11.3 Å². The lowest BCUT2D eigenvalue weighted by atomic mass is 9.91. The van der Waals surface area contributed by atoms with Gasteiger partial charge in [0, 0.05) is 16.6 Å². The van der Waals surface area contributed by atoms with Crippen molar-refractivity contribution in [2.75, 3.05) is 0 Å². The van der Waals surface area contributed by atoms with Crippen molar-refractivity contribution in [3.05, 3.63) is 110 Å². The minimum Gasteiger partial charge on any atom is -0.372 e. The van der Waals surface area contributed by atoms with E-state index >= 15 is 0 Å². The van der Waals surface area contributed by atoms with Gasteiger partial charge in [-0.3, -0.25) is 0 Å². The molecule has 3 heteroatoms. The molecule has 0 saturated carbocycles. The van der Waals surface area contributed by atoms with Crippen molar-refractivity contribution in [3.8, 4) is 11.3 Å². The summed E-state index contributed by atoms with van der Waals surface area (Å²) in [5.41, 5.74) is 11.4. The van der Waals surface area contributed by atoms with Gasteiger partial charge in [0.05, 0.1) is 5.69 Å². The Morgan fingerprint density at radius 1 is 0.914 bits per heavy atom. The Kier molecular flexibility index (Phi) is 7.76. The van der Waals surface area contributed by atoms with Gasteiger partial charge >= 0.3 is 0 Å². The van der Waals surface area contributed by atoms with Crippen molar-refractivity contribution < 1.29 is 0 Å². The molecule has 35 heavy (non-hydrogen) atoms. The van der Waals surface area contributed by atoms with E-state index in [1.165, 1.54) is 44.7 Å². The highest BCUT2D eigenvalue weighted by molar-refractivity contribution is 7.10. The van der Waals surface area contributed by atoms with Crippen LogP contribution in [0.2, 0.25) is 0 Å². The van der Waals surface area contributed by atoms with Crippen molar-refractivity contribution in [3.63, 3.8) is 0 Å². The van der Waals surface area contributed by atoms with Crippen LogP contribution in [0.5, 0.6) is 0 Å². The SMILES string of the molecule is Cc1cc(C)c(-c2csc(C(NC3=C(C(C)C)C=CCC=C3C(C)C)c3ccccc3)n2)c(C)c1. The lowest BCUT2D eigenvalue weighted by molar-refractivity contribution is 0.638. The molecule has 1 heterocycles. The molecule has 0 radical (unpaired) electrons. The summed E-state index contributed by atoms with van der Waals surface area (Å²) in [6.07, 6.45) is 7.95. The number of hydrogen-bond donors (Lipinski definition) is 1. The fourth-order valence-electron chi connectivity index (χ4n) is 5.11. The summed E-state index contributed by atoms with van der Waals surface area (Å²) in [5.74, 6) is 0.863. The monoisotopic (exact) mass is 482 g/mol. The number of hydrogen-bond acceptors (Lipinski definition) is 3. The maximum Gasteiger partial charge on any atom is 0.120 e. The maximum atomic E-state index is 5.23. The van der Waals surface area contributed by atoms with Gasteiger partial charge in [0.15, 0.2) is 0 Å². The average molecular weight is 483 g/mol. The molecule has 0 saturated heterocycles. The predicted molar refractivity (Wildman–Crippen MR) is 152 cm³/mol. The van der Waals surface area contributed by atoms with Gasteiger partial charge in [0.2, 0.25) is 0 Å². The first-order chi connectivity index (χ1) is 16.8. The molecule has 182 valence electrons. The molecule has 0 aliphatic heterocycles. The molecule has 1 aliphatic rings. The van der Waals surface area contributed by atoms with Crippen LogP contribution in [0.3, 0.4) is 0 Å². The Balaban J connectivity index is 1.83. The maximum absolute atomic E-state index is 5.23. The van der Waals surface area contributed by atoms with E-state index in [-0.39, 0.29) is 6.04 Å². The van der Waals surface area contributed by atoms with Crippen LogP contribution in [-0.4, -0.2) is 4.98 Å². The van der Waals surface area contributed by atoms with Crippen molar-refractivity contribution in [1.29, 1.82) is 0 Å². The van der Waals surface area contributed by atoms with E-state index in [4.69, 9.17) is 4.98 Å². The summed E-state index contributed by atoms with van der Waals surface area (Å²) in [4.78, 5) is 5.23. The summed E-state index contributed by atoms with van der Waals surface area (Å²) in [6.45, 7) is 15.7. The zero-order valence-corrected chi connectivity index (χ0v) is 23.0. The van der Waals surface area contributed by atoms with Gasteiger partial charge in [-0.15, -0.1) is 11.3 Å². The van der Waals surface area contributed by atoms with Crippen molar-refractivity contribution in [2.45, 2.75) is 60.9 Å². The van der Waals surface area contributed by atoms with E-state index in [9.17, 15) is 0 Å². The van der Waals surface area contributed by atoms with Crippen molar-refractivity contribution in [2.24, 2.45) is 11.8 Å². The van der Waals surface area contributed by atoms with E-state index in [1.807, 2.05) is 0 Å². The third-order valence-corrected chi connectivity index (χ3v) is 7.63. The molecule has 3 aromatic rings. The normalized spacial score (nSPS) is 14.9. The van der Waals surface area contributed by atoms with Gasteiger partial charge in [-0.1, -0.05) is 94.0 Å². The Morgan fingerprint density at radius 3 is 2.23 bits per heavy atom. The minimum absolute atomic E-state index is 0.0154. The molecule has 2 aromatic carbocycles. The van der Waals surface area contributed by atoms with Crippen LogP contribution < -0.4 is 5.32 Å². The molecular weight excluding hydrogens is 444 g/mol. The molecule has 1 N–H and O–H groups in total. The van der Waals surface area contributed by atoms with Crippen LogP contribution in [0.15, 0.2) is 82.9 Å². The second-order valence-corrected chi connectivity index (χ2v) is 11.2. The van der Waals surface area contributed by atoms with E-state index < -0.39 is 0 Å². The van der Waals surface area contributed by atoms with E-state index in [0.29, 0.717) is 11.8 Å². The highest BCUT2D eigenvalue weighted by atomic mass is 32.1. The number of nitrogens with zero attached hydrogens (tertiary/aromatic N) is 1. The van der Waals surface area contributed by atoms with Gasteiger partial charge in [-0.05, 0) is 66.9 Å². The lowest BCUT2D eigenvalue weighted by Crippen LogP contribution is -2.26. The predicted octanol–water partition coefficient (Wildman–Crippen LogP) is 8.87. The molecule has 1 aliphatic carbocycles. The molecule has 1 unspecified atom stereocenters. The van der Waals surface area contributed by atoms with Gasteiger partial charge in [-0.25, -0.2) is 4.98 Å². The van der Waals surface area contributed by atoms with E-state index in [1.54, 1.807) is 11.3 Å². The van der Waals surface area contributed by atoms with Crippen LogP contribution in [0, 0.1) is 32.6 Å². The van der Waals surface area contributed by atoms with E-state index in [2.05, 4.69) is 120 Å². The molecule has 2 nitrogen and oxygen atoms in total. The zero-order valence-electron chi connectivity index (χ0n) is 22.1. The highest BCUT2D eigenvalue weighted by Gasteiger charge is 2.25. The molecule has 0 amide bonds. The van der Waals surface area contributed by atoms with Crippen molar-refractivity contribution in [1.82, 2.24) is 10.3 Å². The first-order valence-corrected chi connectivity index (χ1v) is 13.6. The number of rotatable bonds is 7. The number of benzene rings is 2. The number of aromatic nitrogens is 1. The first-order valence-electron chi connectivity index (χ1n) is 12.7. The van der Waals surface area contributed by atoms with Gasteiger partial charge in [0.1, 0.15) is 11.0 Å². The third kappa shape index (κ3) is 5.51. The van der Waals surface area contributed by atoms with E-state index in [0.717, 1.165) is 17.1 Å². The first kappa shape index (κ1) is 25.2. The quantitative estimate of drug-likeness (QED) is 0.364. The molecule has 4 rings (SSSR count). The summed E-state index contributed by atoms with van der Waals surface area (Å²) in [7, 11) is 0. The lowest BCUT2D eigenvalue weighted by Gasteiger charge is -2.27. The van der Waals surface area contributed by atoms with Crippen LogP contribution in [0.25, 0.3) is 11.3 Å². The Labute approximate surface area is 215 Å². The minimum atomic E-state index is -0.0154. The topological polar surface area (TPSA) is 24.9 Å². The summed E-state index contributed by atoms with van der Waals surface area (Å²) in [5, 5.41) is 7.32. The standard InChI is InChI=1S/C32H38N2S/c1-20(2)26-15-11-12-16-27(21(3)4)31(26)34-30(25-13-9-8-10-14-25)32-33-28(19-35-32)29-23(6)17-22(5)18-24(29)7/h8-11,13-21,30,34H,12H2,1-7H3. The third-order valence-electron chi connectivity index (χ3n) is 6.72. The fourth-order valence-corrected chi connectivity index (χ4v) is 6.00. The van der Waals surface area contributed by atoms with Gasteiger partial charge < -0.3 is 5.32 Å². The Hall–Kier alpha value is -2.91. The number of nitrogens with one attached hydrogen (secondary N) is 1. The molecule has 1 aromatic heterocycles. The second-order valence-electron chi connectivity index (χ2n) is 10.3. The fraction of sp³-hybridized carbons (Fsp3) is 0.344. The zero-order chi connectivity index (χ0) is 25.1. The highest BCUT2D eigenvalue weighted by Crippen LogP contribution is 2.36. The van der Waals surface area contributed by atoms with Crippen LogP contribution in [0.4, 0.5) is 0 Å². The van der Waals surface area contributed by atoms with Crippen LogP contribution in [0.1, 0.15) is 67.4 Å². The average Bonchev–Trinajstić information content (AvgIpc) is 3.16. The second kappa shape index (κ2) is 10.8. The summed E-state index contributed by atoms with van der Waals surface area (Å²) in [6, 6.07) is 15.2. The van der Waals surface area contributed by atoms with Crippen LogP contribution in [-0.2, 0) is 0 Å². The number of thiazole rings is 1. The molecule has 1 atom stereocenters. The summed E-state index contributed by atoms with van der Waals surface area (Å²) < 4.78 is 0. The molecule has 0 bridgehead atoms. The molecular formula is C32H38N2S. The number of allylic oxidation sites excluding steroid dienone is 5. The van der Waals surface area contributed by atoms with Gasteiger partial charge in [-0.2, -0.15) is 0 Å². The smallest absolute Gasteiger partial charge is 0.120 e. The Morgan fingerprint density at radius 2 is 1.60 bits per heavy atom. The number of aryl methyl sites for hydroxylation is 3. The largest absolute Gasteiger partial charge is 0.372 e.